The zero-order chi connectivity index (χ0) is 16.3. The number of nitrogens with zero attached hydrogens (tertiary/aromatic N) is 1. The van der Waals surface area contributed by atoms with Gasteiger partial charge < -0.3 is 5.73 Å². The summed E-state index contributed by atoms with van der Waals surface area (Å²) >= 11 is 0. The van der Waals surface area contributed by atoms with E-state index in [0.717, 1.165) is 31.7 Å². The molecule has 23 heavy (non-hydrogen) atoms. The summed E-state index contributed by atoms with van der Waals surface area (Å²) in [6.45, 7) is 1.84. The van der Waals surface area contributed by atoms with Gasteiger partial charge in [0.2, 0.25) is 10.0 Å². The molecule has 2 rings (SSSR count). The first-order valence-electron chi connectivity index (χ1n) is 7.32. The second-order valence-corrected chi connectivity index (χ2v) is 7.40. The molecule has 1 unspecified atom stereocenters. The van der Waals surface area contributed by atoms with Crippen LogP contribution in [0.15, 0.2) is 23.1 Å². The number of nitro benzene ring substituents is 1. The summed E-state index contributed by atoms with van der Waals surface area (Å²) in [4.78, 5) is 10.2. The maximum atomic E-state index is 12.6. The van der Waals surface area contributed by atoms with Crippen LogP contribution < -0.4 is 10.5 Å². The number of hydrogen-bond donors (Lipinski definition) is 2. The highest BCUT2D eigenvalue weighted by atomic mass is 35.5. The van der Waals surface area contributed by atoms with Gasteiger partial charge in [0.05, 0.1) is 9.82 Å². The molecule has 1 aliphatic rings. The van der Waals surface area contributed by atoms with Crippen LogP contribution in [0, 0.1) is 23.0 Å². The Bertz CT molecular complexity index is 660. The number of halogens is 1. The van der Waals surface area contributed by atoms with E-state index in [1.807, 2.05) is 0 Å². The molecule has 1 saturated carbocycles. The molecule has 0 heterocycles. The second-order valence-electron chi connectivity index (χ2n) is 5.71. The number of nitrogens with two attached hydrogens (primary N) is 1. The number of nitro groups is 1. The topological polar surface area (TPSA) is 115 Å². The number of rotatable bonds is 6. The summed E-state index contributed by atoms with van der Waals surface area (Å²) in [6, 6.07) is 3.51. The van der Waals surface area contributed by atoms with Gasteiger partial charge in [0.25, 0.3) is 5.69 Å². The molecule has 0 aromatic heterocycles. The van der Waals surface area contributed by atoms with Crippen LogP contribution in [0.1, 0.15) is 31.2 Å². The van der Waals surface area contributed by atoms with Crippen LogP contribution in [-0.2, 0) is 10.0 Å². The molecule has 0 aliphatic heterocycles. The Morgan fingerprint density at radius 1 is 1.39 bits per heavy atom. The molecule has 0 saturated heterocycles. The lowest BCUT2D eigenvalue weighted by Gasteiger charge is -2.23. The molecule has 1 aliphatic carbocycles. The van der Waals surface area contributed by atoms with Gasteiger partial charge in [0.1, 0.15) is 0 Å². The third-order valence-electron chi connectivity index (χ3n) is 4.20. The minimum atomic E-state index is -3.83. The van der Waals surface area contributed by atoms with Gasteiger partial charge in [-0.05, 0) is 31.2 Å². The number of aryl methyl sites for hydroxylation is 1. The Labute approximate surface area is 142 Å². The summed E-state index contributed by atoms with van der Waals surface area (Å²) in [6.07, 6.45) is 4.08. The Hall–Kier alpha value is -1.22. The summed E-state index contributed by atoms with van der Waals surface area (Å²) in [5.41, 5.74) is 5.95. The van der Waals surface area contributed by atoms with Crippen molar-refractivity contribution in [2.75, 3.05) is 6.54 Å². The number of benzene rings is 1. The minimum absolute atomic E-state index is 0. The number of non-ortho nitro benzene ring substituents is 1. The molecule has 9 heteroatoms. The molecule has 1 aromatic rings. The first-order valence-corrected chi connectivity index (χ1v) is 8.81. The highest BCUT2D eigenvalue weighted by Gasteiger charge is 2.29. The van der Waals surface area contributed by atoms with Crippen molar-refractivity contribution in [2.24, 2.45) is 11.7 Å². The van der Waals surface area contributed by atoms with Crippen molar-refractivity contribution in [1.29, 1.82) is 0 Å². The van der Waals surface area contributed by atoms with E-state index in [1.54, 1.807) is 6.92 Å². The van der Waals surface area contributed by atoms with Crippen molar-refractivity contribution in [3.05, 3.63) is 33.9 Å². The summed E-state index contributed by atoms with van der Waals surface area (Å²) in [5.74, 6) is 0.235. The lowest BCUT2D eigenvalue weighted by atomic mass is 9.99. The van der Waals surface area contributed by atoms with Crippen LogP contribution in [0.5, 0.6) is 0 Å². The fraction of sp³-hybridized carbons (Fsp3) is 0.571. The fourth-order valence-corrected chi connectivity index (χ4v) is 4.53. The molecule has 0 radical (unpaired) electrons. The van der Waals surface area contributed by atoms with Gasteiger partial charge in [0, 0.05) is 24.7 Å². The maximum absolute atomic E-state index is 12.6. The van der Waals surface area contributed by atoms with Crippen LogP contribution in [0.25, 0.3) is 0 Å². The number of nitrogens with one attached hydrogen (secondary N) is 1. The largest absolute Gasteiger partial charge is 0.329 e. The van der Waals surface area contributed by atoms with E-state index in [9.17, 15) is 18.5 Å². The van der Waals surface area contributed by atoms with E-state index >= 15 is 0 Å². The van der Waals surface area contributed by atoms with Crippen LogP contribution in [-0.4, -0.2) is 25.9 Å². The van der Waals surface area contributed by atoms with Gasteiger partial charge >= 0.3 is 0 Å². The van der Waals surface area contributed by atoms with E-state index in [2.05, 4.69) is 4.72 Å². The molecule has 130 valence electrons. The standard InChI is InChI=1S/C14H21N3O4S.ClH/c1-10-6-7-12(17(18)19)8-14(10)22(20,21)16-13(9-15)11-4-2-3-5-11;/h6-8,11,13,16H,2-5,9,15H2,1H3;1H. The Morgan fingerprint density at radius 2 is 2.00 bits per heavy atom. The molecule has 1 atom stereocenters. The molecular formula is C14H22ClN3O4S. The van der Waals surface area contributed by atoms with Gasteiger partial charge in [-0.25, -0.2) is 13.1 Å². The molecule has 1 fully saturated rings. The van der Waals surface area contributed by atoms with Crippen molar-refractivity contribution >= 4 is 28.1 Å². The molecule has 1 aromatic carbocycles. The Morgan fingerprint density at radius 3 is 2.52 bits per heavy atom. The zero-order valence-corrected chi connectivity index (χ0v) is 14.5. The average molecular weight is 364 g/mol. The summed E-state index contributed by atoms with van der Waals surface area (Å²) in [5, 5.41) is 10.8. The molecule has 0 bridgehead atoms. The van der Waals surface area contributed by atoms with Crippen molar-refractivity contribution < 1.29 is 13.3 Å². The van der Waals surface area contributed by atoms with Crippen molar-refractivity contribution in [1.82, 2.24) is 4.72 Å². The minimum Gasteiger partial charge on any atom is -0.329 e. The van der Waals surface area contributed by atoms with E-state index in [4.69, 9.17) is 5.73 Å². The van der Waals surface area contributed by atoms with Crippen molar-refractivity contribution in [2.45, 2.75) is 43.5 Å². The monoisotopic (exact) mass is 363 g/mol. The van der Waals surface area contributed by atoms with Crippen LogP contribution in [0.3, 0.4) is 0 Å². The molecule has 3 N–H and O–H groups in total. The number of hydrogen-bond acceptors (Lipinski definition) is 5. The van der Waals surface area contributed by atoms with E-state index in [1.165, 1.54) is 12.1 Å². The van der Waals surface area contributed by atoms with Gasteiger partial charge in [-0.3, -0.25) is 10.1 Å². The maximum Gasteiger partial charge on any atom is 0.270 e. The van der Waals surface area contributed by atoms with Gasteiger partial charge in [-0.15, -0.1) is 12.4 Å². The van der Waals surface area contributed by atoms with Crippen molar-refractivity contribution in [3.63, 3.8) is 0 Å². The Balaban J connectivity index is 0.00000264. The molecule has 0 amide bonds. The van der Waals surface area contributed by atoms with E-state index in [0.29, 0.717) is 5.56 Å². The van der Waals surface area contributed by atoms with E-state index in [-0.39, 0.29) is 41.5 Å². The quantitative estimate of drug-likeness (QED) is 0.593. The highest BCUT2D eigenvalue weighted by Crippen LogP contribution is 2.29. The van der Waals surface area contributed by atoms with Gasteiger partial charge in [-0.2, -0.15) is 0 Å². The van der Waals surface area contributed by atoms with E-state index < -0.39 is 14.9 Å². The predicted octanol–water partition coefficient (Wildman–Crippen LogP) is 2.12. The molecule has 7 nitrogen and oxygen atoms in total. The number of sulfonamides is 1. The predicted molar refractivity (Wildman–Crippen MR) is 90.2 cm³/mol. The second kappa shape index (κ2) is 8.05. The van der Waals surface area contributed by atoms with Crippen molar-refractivity contribution in [3.8, 4) is 0 Å². The van der Waals surface area contributed by atoms with Crippen LogP contribution in [0.2, 0.25) is 0 Å². The Kier molecular flexibility index (Phi) is 6.94. The first kappa shape index (κ1) is 19.8. The SMILES string of the molecule is Cc1ccc([N+](=O)[O-])cc1S(=O)(=O)NC(CN)C1CCCC1.Cl. The van der Waals surface area contributed by atoms with Gasteiger partial charge in [-0.1, -0.05) is 18.9 Å². The summed E-state index contributed by atoms with van der Waals surface area (Å²) < 4.78 is 27.8. The first-order chi connectivity index (χ1) is 10.3. The van der Waals surface area contributed by atoms with Crippen LogP contribution >= 0.6 is 12.4 Å². The smallest absolute Gasteiger partial charge is 0.270 e. The third-order valence-corrected chi connectivity index (χ3v) is 5.83. The normalized spacial score (nSPS) is 16.8. The van der Waals surface area contributed by atoms with Crippen LogP contribution in [0.4, 0.5) is 5.69 Å². The summed E-state index contributed by atoms with van der Waals surface area (Å²) in [7, 11) is -3.83. The lowest BCUT2D eigenvalue weighted by molar-refractivity contribution is -0.385. The third kappa shape index (κ3) is 4.63. The van der Waals surface area contributed by atoms with Gasteiger partial charge in [0.15, 0.2) is 0 Å². The lowest BCUT2D eigenvalue weighted by Crippen LogP contribution is -2.44. The molecular weight excluding hydrogens is 342 g/mol. The highest BCUT2D eigenvalue weighted by molar-refractivity contribution is 7.89. The average Bonchev–Trinajstić information content (AvgIpc) is 2.98. The molecule has 0 spiro atoms. The zero-order valence-electron chi connectivity index (χ0n) is 12.9. The fourth-order valence-electron chi connectivity index (χ4n) is 2.95.